The molecule has 1 heterocycles. The van der Waals surface area contributed by atoms with Crippen LogP contribution in [0.4, 0.5) is 5.82 Å². The zero-order chi connectivity index (χ0) is 12.5. The van der Waals surface area contributed by atoms with Gasteiger partial charge in [-0.25, -0.2) is 0 Å². The number of aromatic nitrogens is 2. The molecule has 1 aromatic heterocycles. The van der Waals surface area contributed by atoms with Gasteiger partial charge in [0.1, 0.15) is 11.1 Å². The molecule has 0 aliphatic heterocycles. The standard InChI is InChI=1S/C10H13N3O4/c14-9(15)10(4-2-1-3-5-10)7-6-8(12-11-7)13(16)17/h6H,1-5H2,(H,11,12)(H,14,15). The minimum Gasteiger partial charge on any atom is -0.481 e. The SMILES string of the molecule is O=C(O)C1(c2cc([N+](=O)[O-])[nH]n2)CCCCC1. The number of rotatable bonds is 3. The van der Waals surface area contributed by atoms with Gasteiger partial charge in [-0.3, -0.25) is 4.79 Å². The lowest BCUT2D eigenvalue weighted by atomic mass is 9.72. The molecule has 2 N–H and O–H groups in total. The lowest BCUT2D eigenvalue weighted by Crippen LogP contribution is -2.38. The first-order valence-corrected chi connectivity index (χ1v) is 5.50. The van der Waals surface area contributed by atoms with Crippen molar-refractivity contribution in [1.29, 1.82) is 0 Å². The number of H-pyrrole nitrogens is 1. The number of carboxylic acid groups (broad SMARTS) is 1. The second kappa shape index (κ2) is 4.15. The molecule has 0 aromatic carbocycles. The minimum atomic E-state index is -1.05. The highest BCUT2D eigenvalue weighted by Crippen LogP contribution is 2.39. The Morgan fingerprint density at radius 3 is 2.59 bits per heavy atom. The Morgan fingerprint density at radius 1 is 1.47 bits per heavy atom. The molecule has 1 aromatic rings. The maximum absolute atomic E-state index is 11.4. The largest absolute Gasteiger partial charge is 0.481 e. The fraction of sp³-hybridized carbons (Fsp3) is 0.600. The van der Waals surface area contributed by atoms with Crippen LogP contribution in [-0.4, -0.2) is 26.2 Å². The summed E-state index contributed by atoms with van der Waals surface area (Å²) >= 11 is 0. The van der Waals surface area contributed by atoms with Gasteiger partial charge in [-0.1, -0.05) is 24.4 Å². The van der Waals surface area contributed by atoms with Crippen LogP contribution in [0.15, 0.2) is 6.07 Å². The summed E-state index contributed by atoms with van der Waals surface area (Å²) in [6.07, 6.45) is 3.61. The Labute approximate surface area is 97.0 Å². The molecular weight excluding hydrogens is 226 g/mol. The monoisotopic (exact) mass is 239 g/mol. The minimum absolute atomic E-state index is 0.258. The van der Waals surface area contributed by atoms with E-state index >= 15 is 0 Å². The van der Waals surface area contributed by atoms with Crippen molar-refractivity contribution in [3.05, 3.63) is 21.9 Å². The molecule has 17 heavy (non-hydrogen) atoms. The van der Waals surface area contributed by atoms with Crippen LogP contribution in [0.5, 0.6) is 0 Å². The topological polar surface area (TPSA) is 109 Å². The molecular formula is C10H13N3O4. The van der Waals surface area contributed by atoms with Crippen molar-refractivity contribution >= 4 is 11.8 Å². The molecule has 1 aliphatic carbocycles. The van der Waals surface area contributed by atoms with Gasteiger partial charge in [-0.05, 0) is 17.8 Å². The Kier molecular flexibility index (Phi) is 2.83. The smallest absolute Gasteiger partial charge is 0.342 e. The third kappa shape index (κ3) is 1.88. The Morgan fingerprint density at radius 2 is 2.12 bits per heavy atom. The second-order valence-corrected chi connectivity index (χ2v) is 4.34. The summed E-state index contributed by atoms with van der Waals surface area (Å²) < 4.78 is 0. The highest BCUT2D eigenvalue weighted by atomic mass is 16.6. The molecule has 0 amide bonds. The van der Waals surface area contributed by atoms with Crippen molar-refractivity contribution in [2.45, 2.75) is 37.5 Å². The number of hydrogen-bond acceptors (Lipinski definition) is 4. The average Bonchev–Trinajstić information content (AvgIpc) is 2.79. The number of nitrogens with zero attached hydrogens (tertiary/aromatic N) is 2. The Hall–Kier alpha value is -1.92. The first kappa shape index (κ1) is 11.6. The molecule has 1 fully saturated rings. The number of aromatic amines is 1. The molecule has 1 aliphatic rings. The molecule has 7 heteroatoms. The number of carboxylic acids is 1. The zero-order valence-corrected chi connectivity index (χ0v) is 9.18. The molecule has 0 unspecified atom stereocenters. The molecule has 92 valence electrons. The summed E-state index contributed by atoms with van der Waals surface area (Å²) in [7, 11) is 0. The van der Waals surface area contributed by atoms with Gasteiger partial charge in [0, 0.05) is 0 Å². The van der Waals surface area contributed by atoms with Crippen LogP contribution < -0.4 is 0 Å². The molecule has 0 radical (unpaired) electrons. The average molecular weight is 239 g/mol. The Bertz CT molecular complexity index is 448. The van der Waals surface area contributed by atoms with Gasteiger partial charge in [0.2, 0.25) is 0 Å². The van der Waals surface area contributed by atoms with Crippen LogP contribution in [0, 0.1) is 10.1 Å². The third-order valence-electron chi connectivity index (χ3n) is 3.37. The third-order valence-corrected chi connectivity index (χ3v) is 3.37. The van der Waals surface area contributed by atoms with E-state index in [1.54, 1.807) is 0 Å². The van der Waals surface area contributed by atoms with E-state index in [-0.39, 0.29) is 11.5 Å². The predicted octanol–water partition coefficient (Wildman–Crippen LogP) is 1.60. The summed E-state index contributed by atoms with van der Waals surface area (Å²) in [5, 5.41) is 26.0. The molecule has 0 saturated heterocycles. The molecule has 0 atom stereocenters. The van der Waals surface area contributed by atoms with Crippen LogP contribution in [0.1, 0.15) is 37.8 Å². The summed E-state index contributed by atoms with van der Waals surface area (Å²) in [5.74, 6) is -1.20. The number of aliphatic carboxylic acids is 1. The highest BCUT2D eigenvalue weighted by molar-refractivity contribution is 5.81. The molecule has 7 nitrogen and oxygen atoms in total. The van der Waals surface area contributed by atoms with Crippen molar-refractivity contribution in [3.63, 3.8) is 0 Å². The fourth-order valence-corrected chi connectivity index (χ4v) is 2.39. The Balaban J connectivity index is 2.38. The van der Waals surface area contributed by atoms with Crippen molar-refractivity contribution in [2.24, 2.45) is 0 Å². The van der Waals surface area contributed by atoms with Crippen LogP contribution in [0.25, 0.3) is 0 Å². The number of nitrogens with one attached hydrogen (secondary N) is 1. The maximum atomic E-state index is 11.4. The molecule has 2 rings (SSSR count). The molecule has 0 spiro atoms. The molecule has 0 bridgehead atoms. The van der Waals surface area contributed by atoms with E-state index in [1.807, 2.05) is 0 Å². The van der Waals surface area contributed by atoms with E-state index in [0.717, 1.165) is 19.3 Å². The van der Waals surface area contributed by atoms with E-state index in [0.29, 0.717) is 12.8 Å². The molecule has 1 saturated carbocycles. The van der Waals surface area contributed by atoms with Crippen molar-refractivity contribution in [2.75, 3.05) is 0 Å². The van der Waals surface area contributed by atoms with Crippen molar-refractivity contribution in [3.8, 4) is 0 Å². The maximum Gasteiger partial charge on any atom is 0.342 e. The van der Waals surface area contributed by atoms with Gasteiger partial charge in [-0.2, -0.15) is 0 Å². The van der Waals surface area contributed by atoms with E-state index in [1.165, 1.54) is 6.07 Å². The lowest BCUT2D eigenvalue weighted by molar-refractivity contribution is -0.389. The normalized spacial score (nSPS) is 18.8. The van der Waals surface area contributed by atoms with E-state index in [9.17, 15) is 20.0 Å². The van der Waals surface area contributed by atoms with E-state index in [2.05, 4.69) is 10.2 Å². The first-order valence-electron chi connectivity index (χ1n) is 5.50. The number of carbonyl (C=O) groups is 1. The van der Waals surface area contributed by atoms with Crippen LogP contribution in [0.2, 0.25) is 0 Å². The fourth-order valence-electron chi connectivity index (χ4n) is 2.39. The summed E-state index contributed by atoms with van der Waals surface area (Å²) in [6.45, 7) is 0. The van der Waals surface area contributed by atoms with E-state index < -0.39 is 16.3 Å². The first-order chi connectivity index (χ1) is 8.06. The number of hydrogen-bond donors (Lipinski definition) is 2. The van der Waals surface area contributed by atoms with Crippen molar-refractivity contribution < 1.29 is 14.8 Å². The highest BCUT2D eigenvalue weighted by Gasteiger charge is 2.44. The summed E-state index contributed by atoms with van der Waals surface area (Å²) in [6, 6.07) is 1.24. The summed E-state index contributed by atoms with van der Waals surface area (Å²) in [5.41, 5.74) is -0.778. The van der Waals surface area contributed by atoms with Gasteiger partial charge in [-0.15, -0.1) is 5.10 Å². The van der Waals surface area contributed by atoms with Gasteiger partial charge in [0.15, 0.2) is 0 Å². The van der Waals surface area contributed by atoms with Gasteiger partial charge in [0.05, 0.1) is 6.07 Å². The quantitative estimate of drug-likeness (QED) is 0.615. The lowest BCUT2D eigenvalue weighted by Gasteiger charge is -2.30. The number of nitro groups is 1. The van der Waals surface area contributed by atoms with Crippen LogP contribution >= 0.6 is 0 Å². The van der Waals surface area contributed by atoms with Gasteiger partial charge < -0.3 is 15.2 Å². The van der Waals surface area contributed by atoms with Crippen LogP contribution in [-0.2, 0) is 10.2 Å². The van der Waals surface area contributed by atoms with Crippen molar-refractivity contribution in [1.82, 2.24) is 10.2 Å². The predicted molar refractivity (Wildman–Crippen MR) is 57.6 cm³/mol. The van der Waals surface area contributed by atoms with E-state index in [4.69, 9.17) is 0 Å². The van der Waals surface area contributed by atoms with Gasteiger partial charge >= 0.3 is 11.8 Å². The zero-order valence-electron chi connectivity index (χ0n) is 9.18. The second-order valence-electron chi connectivity index (χ2n) is 4.34. The van der Waals surface area contributed by atoms with Crippen LogP contribution in [0.3, 0.4) is 0 Å². The summed E-state index contributed by atoms with van der Waals surface area (Å²) in [4.78, 5) is 21.4. The van der Waals surface area contributed by atoms with Gasteiger partial charge in [0.25, 0.3) is 0 Å².